The number of methoxy groups -OCH3 is 3. The van der Waals surface area contributed by atoms with Crippen LogP contribution in [0, 0.1) is 5.92 Å². The standard InChI is InChI=1S/C16H27NO4/c1-11(2)8-13(10-18)17-9-12-6-7-14(19-3)16(21-5)15(12)20-4/h6-7,11,13,17-18H,8-10H2,1-5H3. The van der Waals surface area contributed by atoms with Crippen LogP contribution in [0.5, 0.6) is 17.2 Å². The number of hydrogen-bond acceptors (Lipinski definition) is 5. The molecule has 1 atom stereocenters. The van der Waals surface area contributed by atoms with E-state index in [2.05, 4.69) is 19.2 Å². The van der Waals surface area contributed by atoms with E-state index in [0.29, 0.717) is 29.7 Å². The summed E-state index contributed by atoms with van der Waals surface area (Å²) in [4.78, 5) is 0. The lowest BCUT2D eigenvalue weighted by atomic mass is 10.0. The molecule has 120 valence electrons. The van der Waals surface area contributed by atoms with Gasteiger partial charge in [-0.25, -0.2) is 0 Å². The third-order valence-electron chi connectivity index (χ3n) is 3.34. The molecule has 2 N–H and O–H groups in total. The van der Waals surface area contributed by atoms with Crippen LogP contribution >= 0.6 is 0 Å². The van der Waals surface area contributed by atoms with E-state index in [4.69, 9.17) is 14.2 Å². The Labute approximate surface area is 127 Å². The van der Waals surface area contributed by atoms with Gasteiger partial charge in [0.25, 0.3) is 0 Å². The highest BCUT2D eigenvalue weighted by atomic mass is 16.5. The van der Waals surface area contributed by atoms with E-state index >= 15 is 0 Å². The van der Waals surface area contributed by atoms with Gasteiger partial charge < -0.3 is 24.6 Å². The van der Waals surface area contributed by atoms with Crippen LogP contribution in [0.2, 0.25) is 0 Å². The molecule has 1 unspecified atom stereocenters. The zero-order chi connectivity index (χ0) is 15.8. The van der Waals surface area contributed by atoms with Crippen molar-refractivity contribution in [2.24, 2.45) is 5.92 Å². The number of benzene rings is 1. The second-order valence-corrected chi connectivity index (χ2v) is 5.38. The molecule has 0 radical (unpaired) electrons. The fraction of sp³-hybridized carbons (Fsp3) is 0.625. The van der Waals surface area contributed by atoms with Gasteiger partial charge in [-0.2, -0.15) is 0 Å². The van der Waals surface area contributed by atoms with Crippen molar-refractivity contribution in [3.05, 3.63) is 17.7 Å². The van der Waals surface area contributed by atoms with Crippen LogP contribution in [0.3, 0.4) is 0 Å². The highest BCUT2D eigenvalue weighted by Crippen LogP contribution is 2.39. The minimum Gasteiger partial charge on any atom is -0.493 e. The lowest BCUT2D eigenvalue weighted by Gasteiger charge is -2.20. The van der Waals surface area contributed by atoms with Gasteiger partial charge in [0.2, 0.25) is 5.75 Å². The number of aliphatic hydroxyl groups excluding tert-OH is 1. The van der Waals surface area contributed by atoms with E-state index in [1.54, 1.807) is 21.3 Å². The summed E-state index contributed by atoms with van der Waals surface area (Å²) in [6.07, 6.45) is 0.923. The number of aliphatic hydroxyl groups is 1. The molecule has 0 saturated carbocycles. The van der Waals surface area contributed by atoms with Crippen LogP contribution in [0.15, 0.2) is 12.1 Å². The Balaban J connectivity index is 2.87. The Bertz CT molecular complexity index is 435. The molecule has 0 bridgehead atoms. The van der Waals surface area contributed by atoms with Gasteiger partial charge in [-0.05, 0) is 18.4 Å². The van der Waals surface area contributed by atoms with Crippen molar-refractivity contribution >= 4 is 0 Å². The first kappa shape index (κ1) is 17.6. The summed E-state index contributed by atoms with van der Waals surface area (Å²) in [7, 11) is 4.80. The highest BCUT2D eigenvalue weighted by molar-refractivity contribution is 5.55. The molecule has 0 heterocycles. The summed E-state index contributed by atoms with van der Waals surface area (Å²) in [5, 5.41) is 12.8. The summed E-state index contributed by atoms with van der Waals surface area (Å²) >= 11 is 0. The number of nitrogens with one attached hydrogen (secondary N) is 1. The molecule has 0 spiro atoms. The minimum atomic E-state index is 0.0720. The number of hydrogen-bond donors (Lipinski definition) is 2. The maximum absolute atomic E-state index is 9.42. The van der Waals surface area contributed by atoms with Gasteiger partial charge in [0.05, 0.1) is 27.9 Å². The fourth-order valence-corrected chi connectivity index (χ4v) is 2.35. The van der Waals surface area contributed by atoms with Crippen LogP contribution in [0.1, 0.15) is 25.8 Å². The van der Waals surface area contributed by atoms with Crippen LogP contribution in [0.25, 0.3) is 0 Å². The van der Waals surface area contributed by atoms with Crippen LogP contribution < -0.4 is 19.5 Å². The molecular weight excluding hydrogens is 270 g/mol. The van der Waals surface area contributed by atoms with Crippen LogP contribution in [-0.4, -0.2) is 39.1 Å². The molecule has 1 rings (SSSR count). The summed E-state index contributed by atoms with van der Waals surface area (Å²) in [5.41, 5.74) is 0.970. The summed E-state index contributed by atoms with van der Waals surface area (Å²) in [5.74, 6) is 2.41. The largest absolute Gasteiger partial charge is 0.493 e. The lowest BCUT2D eigenvalue weighted by Crippen LogP contribution is -2.33. The highest BCUT2D eigenvalue weighted by Gasteiger charge is 2.17. The van der Waals surface area contributed by atoms with Crippen molar-refractivity contribution in [3.63, 3.8) is 0 Å². The van der Waals surface area contributed by atoms with Gasteiger partial charge in [-0.1, -0.05) is 19.9 Å². The second-order valence-electron chi connectivity index (χ2n) is 5.38. The second kappa shape index (κ2) is 8.74. The first-order valence-electron chi connectivity index (χ1n) is 7.19. The van der Waals surface area contributed by atoms with E-state index in [9.17, 15) is 5.11 Å². The maximum Gasteiger partial charge on any atom is 0.203 e. The van der Waals surface area contributed by atoms with Crippen molar-refractivity contribution in [3.8, 4) is 17.2 Å². The molecule has 0 aliphatic rings. The van der Waals surface area contributed by atoms with Crippen molar-refractivity contribution in [2.75, 3.05) is 27.9 Å². The topological polar surface area (TPSA) is 60.0 Å². The first-order chi connectivity index (χ1) is 10.1. The zero-order valence-corrected chi connectivity index (χ0v) is 13.6. The van der Waals surface area contributed by atoms with E-state index in [1.165, 1.54) is 0 Å². The Morgan fingerprint density at radius 3 is 2.19 bits per heavy atom. The van der Waals surface area contributed by atoms with Gasteiger partial charge >= 0.3 is 0 Å². The van der Waals surface area contributed by atoms with Crippen molar-refractivity contribution in [2.45, 2.75) is 32.9 Å². The van der Waals surface area contributed by atoms with Crippen molar-refractivity contribution in [1.82, 2.24) is 5.32 Å². The van der Waals surface area contributed by atoms with E-state index in [0.717, 1.165) is 12.0 Å². The number of rotatable bonds is 9. The molecule has 1 aromatic carbocycles. The predicted octanol–water partition coefficient (Wildman–Crippen LogP) is 2.21. The molecule has 0 amide bonds. The van der Waals surface area contributed by atoms with E-state index in [-0.39, 0.29) is 12.6 Å². The van der Waals surface area contributed by atoms with Gasteiger partial charge in [0.15, 0.2) is 11.5 Å². The predicted molar refractivity (Wildman–Crippen MR) is 83.3 cm³/mol. The Kier molecular flexibility index (Phi) is 7.32. The molecule has 0 aromatic heterocycles. The third kappa shape index (κ3) is 4.79. The Hall–Kier alpha value is -1.46. The summed E-state index contributed by atoms with van der Waals surface area (Å²) < 4.78 is 16.1. The lowest BCUT2D eigenvalue weighted by molar-refractivity contribution is 0.223. The molecule has 0 aliphatic heterocycles. The minimum absolute atomic E-state index is 0.0720. The zero-order valence-electron chi connectivity index (χ0n) is 13.6. The molecule has 0 fully saturated rings. The fourth-order valence-electron chi connectivity index (χ4n) is 2.35. The summed E-state index contributed by atoms with van der Waals surface area (Å²) in [6, 6.07) is 3.87. The van der Waals surface area contributed by atoms with Gasteiger partial charge in [-0.3, -0.25) is 0 Å². The van der Waals surface area contributed by atoms with E-state index < -0.39 is 0 Å². The van der Waals surface area contributed by atoms with E-state index in [1.807, 2.05) is 12.1 Å². The monoisotopic (exact) mass is 297 g/mol. The Morgan fingerprint density at radius 1 is 1.05 bits per heavy atom. The molecule has 5 heteroatoms. The van der Waals surface area contributed by atoms with Gasteiger partial charge in [0, 0.05) is 18.2 Å². The molecule has 5 nitrogen and oxygen atoms in total. The first-order valence-corrected chi connectivity index (χ1v) is 7.19. The maximum atomic E-state index is 9.42. The van der Waals surface area contributed by atoms with Crippen molar-refractivity contribution < 1.29 is 19.3 Å². The molecule has 0 saturated heterocycles. The molecule has 0 aliphatic carbocycles. The molecular formula is C16H27NO4. The van der Waals surface area contributed by atoms with Gasteiger partial charge in [0.1, 0.15) is 0 Å². The molecule has 21 heavy (non-hydrogen) atoms. The number of ether oxygens (including phenoxy) is 3. The SMILES string of the molecule is COc1ccc(CNC(CO)CC(C)C)c(OC)c1OC. The third-order valence-corrected chi connectivity index (χ3v) is 3.34. The quantitative estimate of drug-likeness (QED) is 0.732. The van der Waals surface area contributed by atoms with Crippen LogP contribution in [-0.2, 0) is 6.54 Å². The Morgan fingerprint density at radius 2 is 1.71 bits per heavy atom. The van der Waals surface area contributed by atoms with Gasteiger partial charge in [-0.15, -0.1) is 0 Å². The average Bonchev–Trinajstić information content (AvgIpc) is 2.49. The van der Waals surface area contributed by atoms with Crippen LogP contribution in [0.4, 0.5) is 0 Å². The normalized spacial score (nSPS) is 12.3. The summed E-state index contributed by atoms with van der Waals surface area (Å²) in [6.45, 7) is 5.00. The smallest absolute Gasteiger partial charge is 0.203 e. The molecule has 1 aromatic rings. The van der Waals surface area contributed by atoms with Crippen molar-refractivity contribution in [1.29, 1.82) is 0 Å². The average molecular weight is 297 g/mol.